The van der Waals surface area contributed by atoms with Gasteiger partial charge in [0, 0.05) is 31.9 Å². The third-order valence-corrected chi connectivity index (χ3v) is 3.72. The molecule has 0 amide bonds. The van der Waals surface area contributed by atoms with E-state index in [9.17, 15) is 0 Å². The fourth-order valence-electron chi connectivity index (χ4n) is 2.53. The van der Waals surface area contributed by atoms with Crippen LogP contribution in [0.3, 0.4) is 0 Å². The smallest absolute Gasteiger partial charge is 0.0400 e. The second kappa shape index (κ2) is 6.21. The maximum absolute atomic E-state index is 3.25. The first-order valence-corrected chi connectivity index (χ1v) is 6.88. The van der Waals surface area contributed by atoms with Crippen molar-refractivity contribution in [3.63, 3.8) is 0 Å². The van der Waals surface area contributed by atoms with Crippen molar-refractivity contribution >= 4 is 5.69 Å². The lowest BCUT2D eigenvalue weighted by atomic mass is 10.0. The van der Waals surface area contributed by atoms with Crippen LogP contribution in [0.25, 0.3) is 0 Å². The van der Waals surface area contributed by atoms with Gasteiger partial charge in [-0.1, -0.05) is 17.7 Å². The van der Waals surface area contributed by atoms with Gasteiger partial charge < -0.3 is 15.1 Å². The standard InChI is InChI=1S/C15H25N3/c1-13-4-5-15(14(12-13)6-7-16-2)18-10-8-17(3)9-11-18/h4-5,12,16H,6-11H2,1-3H3. The molecule has 1 aromatic carbocycles. The van der Waals surface area contributed by atoms with Crippen LogP contribution in [0.15, 0.2) is 18.2 Å². The third-order valence-electron chi connectivity index (χ3n) is 3.72. The Bertz CT molecular complexity index is 381. The first-order chi connectivity index (χ1) is 8.70. The zero-order chi connectivity index (χ0) is 13.0. The van der Waals surface area contributed by atoms with Crippen LogP contribution in [0, 0.1) is 6.92 Å². The van der Waals surface area contributed by atoms with Crippen molar-refractivity contribution in [3.05, 3.63) is 29.3 Å². The van der Waals surface area contributed by atoms with Gasteiger partial charge in [0.2, 0.25) is 0 Å². The van der Waals surface area contributed by atoms with Crippen LogP contribution < -0.4 is 10.2 Å². The average molecular weight is 247 g/mol. The number of rotatable bonds is 4. The quantitative estimate of drug-likeness (QED) is 0.870. The average Bonchev–Trinajstić information content (AvgIpc) is 2.38. The van der Waals surface area contributed by atoms with Crippen molar-refractivity contribution in [1.82, 2.24) is 10.2 Å². The van der Waals surface area contributed by atoms with Crippen molar-refractivity contribution in [2.75, 3.05) is 51.7 Å². The Morgan fingerprint density at radius 3 is 2.56 bits per heavy atom. The van der Waals surface area contributed by atoms with Crippen LogP contribution >= 0.6 is 0 Å². The molecule has 0 saturated carbocycles. The Morgan fingerprint density at radius 2 is 1.89 bits per heavy atom. The molecule has 3 heteroatoms. The van der Waals surface area contributed by atoms with Gasteiger partial charge in [-0.05, 0) is 45.6 Å². The fraction of sp³-hybridized carbons (Fsp3) is 0.600. The third kappa shape index (κ3) is 3.24. The lowest BCUT2D eigenvalue weighted by Crippen LogP contribution is -2.44. The number of hydrogen-bond donors (Lipinski definition) is 1. The van der Waals surface area contributed by atoms with Gasteiger partial charge in [-0.15, -0.1) is 0 Å². The molecule has 2 rings (SSSR count). The van der Waals surface area contributed by atoms with Gasteiger partial charge in [-0.2, -0.15) is 0 Å². The number of likely N-dealkylation sites (N-methyl/N-ethyl adjacent to an activating group) is 2. The van der Waals surface area contributed by atoms with Gasteiger partial charge in [0.25, 0.3) is 0 Å². The van der Waals surface area contributed by atoms with Crippen LogP contribution in [-0.4, -0.2) is 51.7 Å². The number of piperazine rings is 1. The van der Waals surface area contributed by atoms with Crippen molar-refractivity contribution in [3.8, 4) is 0 Å². The normalized spacial score (nSPS) is 17.2. The predicted octanol–water partition coefficient (Wildman–Crippen LogP) is 1.51. The van der Waals surface area contributed by atoms with E-state index in [1.165, 1.54) is 29.9 Å². The molecule has 1 saturated heterocycles. The predicted molar refractivity (Wildman–Crippen MR) is 78.5 cm³/mol. The monoisotopic (exact) mass is 247 g/mol. The largest absolute Gasteiger partial charge is 0.369 e. The first kappa shape index (κ1) is 13.4. The number of aryl methyl sites for hydroxylation is 1. The van der Waals surface area contributed by atoms with E-state index in [4.69, 9.17) is 0 Å². The highest BCUT2D eigenvalue weighted by Gasteiger charge is 2.16. The maximum Gasteiger partial charge on any atom is 0.0400 e. The lowest BCUT2D eigenvalue weighted by molar-refractivity contribution is 0.312. The second-order valence-corrected chi connectivity index (χ2v) is 5.28. The lowest BCUT2D eigenvalue weighted by Gasteiger charge is -2.35. The molecule has 0 unspecified atom stereocenters. The summed E-state index contributed by atoms with van der Waals surface area (Å²) >= 11 is 0. The summed E-state index contributed by atoms with van der Waals surface area (Å²) < 4.78 is 0. The van der Waals surface area contributed by atoms with E-state index < -0.39 is 0 Å². The molecule has 1 aliphatic heterocycles. The molecule has 0 atom stereocenters. The Labute approximate surface area is 111 Å². The molecule has 100 valence electrons. The summed E-state index contributed by atoms with van der Waals surface area (Å²) in [5.74, 6) is 0. The summed E-state index contributed by atoms with van der Waals surface area (Å²) in [7, 11) is 4.22. The van der Waals surface area contributed by atoms with E-state index in [0.29, 0.717) is 0 Å². The van der Waals surface area contributed by atoms with Gasteiger partial charge >= 0.3 is 0 Å². The van der Waals surface area contributed by atoms with Crippen LogP contribution in [0.5, 0.6) is 0 Å². The van der Waals surface area contributed by atoms with E-state index in [0.717, 1.165) is 26.1 Å². The number of hydrogen-bond acceptors (Lipinski definition) is 3. The highest BCUT2D eigenvalue weighted by Crippen LogP contribution is 2.23. The van der Waals surface area contributed by atoms with E-state index in [-0.39, 0.29) is 0 Å². The van der Waals surface area contributed by atoms with Crippen LogP contribution in [-0.2, 0) is 6.42 Å². The minimum Gasteiger partial charge on any atom is -0.369 e. The Balaban J connectivity index is 2.15. The molecule has 3 nitrogen and oxygen atoms in total. The molecule has 0 spiro atoms. The number of anilines is 1. The number of nitrogens with zero attached hydrogens (tertiary/aromatic N) is 2. The Kier molecular flexibility index (Phi) is 4.61. The highest BCUT2D eigenvalue weighted by molar-refractivity contribution is 5.55. The van der Waals surface area contributed by atoms with Crippen molar-refractivity contribution in [1.29, 1.82) is 0 Å². The zero-order valence-corrected chi connectivity index (χ0v) is 11.9. The summed E-state index contributed by atoms with van der Waals surface area (Å²) in [6.45, 7) is 7.84. The summed E-state index contributed by atoms with van der Waals surface area (Å²) in [6.07, 6.45) is 1.11. The topological polar surface area (TPSA) is 18.5 Å². The van der Waals surface area contributed by atoms with Gasteiger partial charge in [0.05, 0.1) is 0 Å². The first-order valence-electron chi connectivity index (χ1n) is 6.88. The maximum atomic E-state index is 3.25. The summed E-state index contributed by atoms with van der Waals surface area (Å²) in [4.78, 5) is 4.93. The molecular formula is C15H25N3. The molecular weight excluding hydrogens is 222 g/mol. The second-order valence-electron chi connectivity index (χ2n) is 5.28. The summed E-state index contributed by atoms with van der Waals surface area (Å²) in [6, 6.07) is 6.87. The Morgan fingerprint density at radius 1 is 1.17 bits per heavy atom. The van der Waals surface area contributed by atoms with Crippen molar-refractivity contribution < 1.29 is 0 Å². The van der Waals surface area contributed by atoms with Gasteiger partial charge in [0.15, 0.2) is 0 Å². The van der Waals surface area contributed by atoms with Crippen molar-refractivity contribution in [2.45, 2.75) is 13.3 Å². The van der Waals surface area contributed by atoms with E-state index >= 15 is 0 Å². The fourth-order valence-corrected chi connectivity index (χ4v) is 2.53. The number of benzene rings is 1. The molecule has 0 aliphatic carbocycles. The molecule has 1 aliphatic rings. The minimum absolute atomic E-state index is 1.05. The molecule has 1 fully saturated rings. The van der Waals surface area contributed by atoms with Crippen LogP contribution in [0.2, 0.25) is 0 Å². The van der Waals surface area contributed by atoms with Crippen molar-refractivity contribution in [2.24, 2.45) is 0 Å². The molecule has 1 N–H and O–H groups in total. The Hall–Kier alpha value is -1.06. The minimum atomic E-state index is 1.05. The van der Waals surface area contributed by atoms with Gasteiger partial charge in [0.1, 0.15) is 0 Å². The molecule has 1 aromatic rings. The van der Waals surface area contributed by atoms with Crippen LogP contribution in [0.4, 0.5) is 5.69 Å². The molecule has 1 heterocycles. The van der Waals surface area contributed by atoms with E-state index in [2.05, 4.69) is 47.3 Å². The molecule has 0 aromatic heterocycles. The molecule has 0 bridgehead atoms. The van der Waals surface area contributed by atoms with Crippen LogP contribution in [0.1, 0.15) is 11.1 Å². The SMILES string of the molecule is CNCCc1cc(C)ccc1N1CCN(C)CC1. The number of nitrogens with one attached hydrogen (secondary N) is 1. The van der Waals surface area contributed by atoms with E-state index in [1.54, 1.807) is 0 Å². The van der Waals surface area contributed by atoms with Gasteiger partial charge in [-0.25, -0.2) is 0 Å². The summed E-state index contributed by atoms with van der Waals surface area (Å²) in [5, 5.41) is 3.25. The summed E-state index contributed by atoms with van der Waals surface area (Å²) in [5.41, 5.74) is 4.27. The molecule has 0 radical (unpaired) electrons. The zero-order valence-electron chi connectivity index (χ0n) is 11.9. The van der Waals surface area contributed by atoms with E-state index in [1.807, 2.05) is 7.05 Å². The molecule has 18 heavy (non-hydrogen) atoms. The highest BCUT2D eigenvalue weighted by atomic mass is 15.2. The van der Waals surface area contributed by atoms with Gasteiger partial charge in [-0.3, -0.25) is 0 Å².